The molecule has 8 heterocycles. The van der Waals surface area contributed by atoms with E-state index in [0.717, 1.165) is 119 Å². The molecule has 6 aromatic carbocycles. The van der Waals surface area contributed by atoms with Gasteiger partial charge in [-0.25, -0.2) is 38.4 Å². The van der Waals surface area contributed by atoms with Gasteiger partial charge in [-0.05, 0) is 152 Å². The number of unbranched alkanes of at least 4 members (excludes halogenated alkanes) is 2. The molecule has 0 amide bonds. The Hall–Kier alpha value is -11.8. The molecule has 2 bridgehead atoms. The summed E-state index contributed by atoms with van der Waals surface area (Å²) in [6.45, 7) is 25.9. The Morgan fingerprint density at radius 2 is 0.786 bits per heavy atom. The Morgan fingerprint density at radius 3 is 1.24 bits per heavy atom. The van der Waals surface area contributed by atoms with E-state index in [-0.39, 0.29) is 73.2 Å². The Kier molecular flexibility index (Phi) is 31.8. The van der Waals surface area contributed by atoms with Gasteiger partial charge in [0.2, 0.25) is 0 Å². The molecular weight excluding hydrogens is 1880 g/mol. The van der Waals surface area contributed by atoms with Crippen molar-refractivity contribution < 1.29 is 133 Å². The van der Waals surface area contributed by atoms with Crippen LogP contribution < -0.4 is 19.6 Å². The Balaban J connectivity index is 0.000000155. The van der Waals surface area contributed by atoms with Crippen LogP contribution in [0.25, 0.3) is 0 Å². The van der Waals surface area contributed by atoms with E-state index >= 15 is 0 Å². The van der Waals surface area contributed by atoms with Crippen molar-refractivity contribution in [3.8, 4) is 0 Å². The zero-order valence-electron chi connectivity index (χ0n) is 80.4. The number of cyclic esters (lactones) is 6. The predicted octanol–water partition coefficient (Wildman–Crippen LogP) is 24.7. The van der Waals surface area contributed by atoms with E-state index in [1.807, 2.05) is 78.9 Å². The summed E-state index contributed by atoms with van der Waals surface area (Å²) in [5.41, 5.74) is 9.91. The third kappa shape index (κ3) is 21.1. The third-order valence-corrected chi connectivity index (χ3v) is 28.7. The maximum atomic E-state index is 14.9. The average Bonchev–Trinajstić information content (AvgIpc) is 1.29. The third-order valence-electron chi connectivity index (χ3n) is 27.6. The van der Waals surface area contributed by atoms with Crippen LogP contribution >= 0.6 is 11.8 Å². The molecule has 0 aromatic heterocycles. The van der Waals surface area contributed by atoms with E-state index < -0.39 is 116 Å². The molecule has 140 heavy (non-hydrogen) atoms. The fourth-order valence-corrected chi connectivity index (χ4v) is 21.1. The molecule has 2 atom stereocenters. The molecular formula is C109H117F9FeN4O16S. The molecule has 6 aromatic rings. The maximum Gasteiger partial charge on any atom is 0.460 e. The number of para-hydroxylation sites is 4. The van der Waals surface area contributed by atoms with Crippen LogP contribution in [0.4, 0.5) is 62.3 Å². The van der Waals surface area contributed by atoms with E-state index in [4.69, 9.17) is 37.9 Å². The molecule has 1 spiro atoms. The van der Waals surface area contributed by atoms with Gasteiger partial charge in [-0.15, -0.1) is 0 Å². The van der Waals surface area contributed by atoms with Crippen LogP contribution in [-0.4, -0.2) is 102 Å². The van der Waals surface area contributed by atoms with Crippen LogP contribution in [0.15, 0.2) is 268 Å². The first kappa shape index (κ1) is 106. The van der Waals surface area contributed by atoms with Crippen molar-refractivity contribution in [3.05, 3.63) is 291 Å². The fourth-order valence-electron chi connectivity index (χ4n) is 20.0. The molecule has 8 fully saturated rings. The van der Waals surface area contributed by atoms with Gasteiger partial charge in [0, 0.05) is 143 Å². The van der Waals surface area contributed by atoms with E-state index in [9.17, 15) is 77.9 Å². The van der Waals surface area contributed by atoms with E-state index in [1.54, 1.807) is 18.2 Å². The molecule has 8 aliphatic heterocycles. The van der Waals surface area contributed by atoms with Gasteiger partial charge in [0.25, 0.3) is 23.1 Å². The monoisotopic (exact) mass is 2000 g/mol. The van der Waals surface area contributed by atoms with Gasteiger partial charge in [0.1, 0.15) is 22.3 Å². The molecule has 18 rings (SSSR count). The van der Waals surface area contributed by atoms with Crippen molar-refractivity contribution in [2.45, 2.75) is 274 Å². The minimum Gasteiger partial charge on any atom is -0.419 e. The first-order chi connectivity index (χ1) is 65.8. The van der Waals surface area contributed by atoms with Gasteiger partial charge in [-0.1, -0.05) is 271 Å². The minimum atomic E-state index is -7.11. The number of carbonyl (C=O) groups is 8. The summed E-state index contributed by atoms with van der Waals surface area (Å²) in [5.74, 6) is -24.9. The molecule has 2 unspecified atom stereocenters. The number of allylic oxidation sites excluding steroid dienone is 13. The molecule has 12 aliphatic rings. The number of rotatable bonds is 19. The largest absolute Gasteiger partial charge is 0.460 e. The number of thioether (sulfide) groups is 1. The summed E-state index contributed by atoms with van der Waals surface area (Å²) >= 11 is 0.299. The number of hydrogen-bond acceptors (Lipinski definition) is 21. The van der Waals surface area contributed by atoms with Gasteiger partial charge in [-0.3, -0.25) is 4.90 Å². The molecule has 4 saturated carbocycles. The van der Waals surface area contributed by atoms with Gasteiger partial charge >= 0.3 is 71.8 Å². The van der Waals surface area contributed by atoms with Crippen molar-refractivity contribution in [1.82, 2.24) is 0 Å². The topological polar surface area (TPSA) is 223 Å². The average molecular weight is 2000 g/mol. The molecule has 0 radical (unpaired) electrons. The van der Waals surface area contributed by atoms with Crippen LogP contribution in [0.5, 0.6) is 0 Å². The Bertz CT molecular complexity index is 5900. The van der Waals surface area contributed by atoms with Crippen molar-refractivity contribution >= 4 is 82.3 Å². The number of hydrogen-bond donors (Lipinski definition) is 0. The summed E-state index contributed by atoms with van der Waals surface area (Å²) in [5, 5.41) is -0.981. The number of benzene rings is 6. The number of carbonyl (C=O) groups excluding carboxylic acids is 8. The van der Waals surface area contributed by atoms with Crippen molar-refractivity contribution in [3.63, 3.8) is 0 Å². The summed E-state index contributed by atoms with van der Waals surface area (Å²) < 4.78 is 167. The second kappa shape index (κ2) is 42.1. The van der Waals surface area contributed by atoms with Gasteiger partial charge in [-0.2, -0.15) is 39.5 Å². The van der Waals surface area contributed by atoms with Gasteiger partial charge in [0.15, 0.2) is 0 Å². The Morgan fingerprint density at radius 1 is 0.393 bits per heavy atom. The summed E-state index contributed by atoms with van der Waals surface area (Å²) in [7, 11) is 0. The van der Waals surface area contributed by atoms with E-state index in [0.29, 0.717) is 48.4 Å². The van der Waals surface area contributed by atoms with E-state index in [2.05, 4.69) is 149 Å². The number of halogens is 9. The van der Waals surface area contributed by atoms with Crippen LogP contribution in [-0.2, 0) is 122 Å². The first-order valence-electron chi connectivity index (χ1n) is 47.5. The van der Waals surface area contributed by atoms with Gasteiger partial charge in [0.05, 0.1) is 10.7 Å². The number of alkyl halides is 9. The molecule has 31 heteroatoms. The van der Waals surface area contributed by atoms with Crippen molar-refractivity contribution in [2.24, 2.45) is 17.8 Å². The quantitative estimate of drug-likeness (QED) is 0.0140. The minimum absolute atomic E-state index is 0. The van der Waals surface area contributed by atoms with Crippen LogP contribution in [0.3, 0.4) is 0 Å². The smallest absolute Gasteiger partial charge is 0.419 e. The van der Waals surface area contributed by atoms with Crippen LogP contribution in [0.1, 0.15) is 226 Å². The molecule has 20 nitrogen and oxygen atoms in total. The zero-order valence-corrected chi connectivity index (χ0v) is 82.3. The Labute approximate surface area is 825 Å². The molecule has 4 aliphatic carbocycles. The van der Waals surface area contributed by atoms with E-state index in [1.165, 1.54) is 111 Å². The SMILES string of the molecule is C1CCCC1.CC1(C)/C(=C\C=C2C(=O)OC(c3ccccc3)(C3CCCC3)OC2=O)N(Cc2ccccc2)c2ccccc21.CCC1(C)OC(=O)C(=C/C=C2\Sc3ccccc3N2C(F)(F)C(F)(F)C(F)(F)C(F)(F)F)C(=O)O1.CCCCN1/C(=C\C=C2C(=O)OC3(CC4CCC3C4)OC2=O)C(C)(C)c2ccccc21.CCCCN1/C(=C\C=C\C=C2C(=O)OC(C)(C)OC2=O)C(C)(C)c2ccccc21.[Fe]. The summed E-state index contributed by atoms with van der Waals surface area (Å²) in [6, 6.07) is 43.0. The normalized spacial score (nSPS) is 24.6. The fraction of sp³-hybridized carbons (Fsp3) is 0.431. The standard InChI is InChI=1S/C34H33NO4.C26H31NO4.C24H29NO4.C20H14F9NO4S.C5H10.Fe/c1-33(2)28-19-11-12-20-29(28)35(23-24-13-5-3-6-14-24)30(33)22-21-27-31(36)38-34(39-32(27)37,26-17-9-10-18-26)25-15-7-4-8-16-25;1-4-5-14-27-21-9-7-6-8-20(21)25(2,3)22(27)13-12-19-23(28)30-26(31-24(19)29)16-17-10-11-18(26)15-17;1-6-7-16-25-19-14-10-9-13-18(19)23(2,3)20(25)15-11-8-12-17-21(26)28-24(4,5)29-22(17)27;1-3-16(2)33-14(31)10(15(32)34-16)8-9-13-30(11-6-4-5-7-12(11)35-13)20(28,29)18(23,24)17(21,22)19(25,26)27;1-2-4-5-3-1;/h3-8,11-16,19-22,26H,9-10,17-18,23H2,1-2H3;6-9,12-13,17-18H,4-5,10-11,14-16H2,1-3H3;8-15H,6-7,16H2,1-5H3;4-9H,3H2,1-2H3;1-5H2;/b27-21?,30-22+;19-12?,22-13-;11-8+,20-15-;10-8?,13-9-;;. The first-order valence-corrected chi connectivity index (χ1v) is 48.3. The predicted molar refractivity (Wildman–Crippen MR) is 508 cm³/mol. The van der Waals surface area contributed by atoms with Gasteiger partial charge < -0.3 is 52.6 Å². The number of ether oxygens (including phenoxy) is 8. The number of anilines is 4. The molecule has 746 valence electrons. The molecule has 4 saturated heterocycles. The number of fused-ring (bicyclic) bond motifs is 7. The van der Waals surface area contributed by atoms with Crippen LogP contribution in [0, 0.1) is 17.8 Å². The second-order valence-electron chi connectivity index (χ2n) is 38.6. The van der Waals surface area contributed by atoms with Crippen molar-refractivity contribution in [2.75, 3.05) is 32.7 Å². The zero-order chi connectivity index (χ0) is 100. The second-order valence-corrected chi connectivity index (χ2v) is 39.7. The van der Waals surface area contributed by atoms with Crippen molar-refractivity contribution in [1.29, 1.82) is 0 Å². The maximum absolute atomic E-state index is 14.9. The molecule has 0 N–H and O–H groups in total. The summed E-state index contributed by atoms with van der Waals surface area (Å²) in [6.07, 6.45) is 27.5. The number of esters is 8. The van der Waals surface area contributed by atoms with Crippen LogP contribution in [0.2, 0.25) is 0 Å². The summed E-state index contributed by atoms with van der Waals surface area (Å²) in [4.78, 5) is 107. The number of nitrogens with zero attached hydrogens (tertiary/aromatic N) is 4.